The molecule has 0 saturated heterocycles. The zero-order chi connectivity index (χ0) is 15.9. The van der Waals surface area contributed by atoms with Crippen LogP contribution in [0.25, 0.3) is 0 Å². The van der Waals surface area contributed by atoms with Crippen LogP contribution in [-0.4, -0.2) is 18.8 Å². The smallest absolute Gasteiger partial charge is 0.336 e. The standard InChI is InChI=1S/C16H15BrFNO2S/c1-8-13(16(20)21-2)14(15-12(19-8)5-6-22-15)9-3-4-11(18)10(17)7-9/h3-4,7,14,19H,5-6H2,1-2H3. The topological polar surface area (TPSA) is 38.3 Å². The first-order valence-corrected chi connectivity index (χ1v) is 8.67. The molecule has 1 aromatic rings. The van der Waals surface area contributed by atoms with Crippen molar-refractivity contribution in [2.45, 2.75) is 19.3 Å². The maximum Gasteiger partial charge on any atom is 0.336 e. The van der Waals surface area contributed by atoms with Crippen LogP contribution >= 0.6 is 27.7 Å². The number of dihydropyridines is 1. The Morgan fingerprint density at radius 3 is 2.95 bits per heavy atom. The molecule has 2 aliphatic heterocycles. The van der Waals surface area contributed by atoms with Gasteiger partial charge in [0, 0.05) is 22.1 Å². The van der Waals surface area contributed by atoms with Crippen LogP contribution in [0.15, 0.2) is 44.5 Å². The van der Waals surface area contributed by atoms with Crippen molar-refractivity contribution in [2.75, 3.05) is 12.9 Å². The Bertz CT molecular complexity index is 714. The van der Waals surface area contributed by atoms with Crippen molar-refractivity contribution >= 4 is 33.7 Å². The van der Waals surface area contributed by atoms with Gasteiger partial charge in [0.15, 0.2) is 0 Å². The van der Waals surface area contributed by atoms with Gasteiger partial charge in [0.1, 0.15) is 5.82 Å². The van der Waals surface area contributed by atoms with Gasteiger partial charge in [-0.15, -0.1) is 11.8 Å². The van der Waals surface area contributed by atoms with Gasteiger partial charge in [0.25, 0.3) is 0 Å². The number of thioether (sulfide) groups is 1. The Morgan fingerprint density at radius 1 is 1.50 bits per heavy atom. The summed E-state index contributed by atoms with van der Waals surface area (Å²) in [5.74, 6) is 0.118. The SMILES string of the molecule is COC(=O)C1=C(C)NC2=C(SCC2)C1c1ccc(F)c(Br)c1. The normalized spacial score (nSPS) is 20.8. The second-order valence-electron chi connectivity index (χ2n) is 5.20. The third kappa shape index (κ3) is 2.58. The Morgan fingerprint density at radius 2 is 2.27 bits per heavy atom. The van der Waals surface area contributed by atoms with Gasteiger partial charge in [-0.05, 0) is 47.0 Å². The van der Waals surface area contributed by atoms with Crippen LogP contribution in [0.2, 0.25) is 0 Å². The molecular weight excluding hydrogens is 369 g/mol. The minimum absolute atomic E-state index is 0.201. The average molecular weight is 384 g/mol. The molecule has 0 saturated carbocycles. The Hall–Kier alpha value is -1.27. The Labute approximate surface area is 141 Å². The first-order valence-electron chi connectivity index (χ1n) is 6.89. The molecule has 2 heterocycles. The number of esters is 1. The van der Waals surface area contributed by atoms with Crippen LogP contribution in [0.3, 0.4) is 0 Å². The molecule has 0 amide bonds. The fourth-order valence-electron chi connectivity index (χ4n) is 2.89. The molecule has 0 fully saturated rings. The number of halogens is 2. The summed E-state index contributed by atoms with van der Waals surface area (Å²) in [5, 5.41) is 3.32. The molecule has 0 aliphatic carbocycles. The number of nitrogens with one attached hydrogen (secondary N) is 1. The highest BCUT2D eigenvalue weighted by Gasteiger charge is 2.37. The predicted octanol–water partition coefficient (Wildman–Crippen LogP) is 4.07. The first-order chi connectivity index (χ1) is 10.5. The van der Waals surface area contributed by atoms with E-state index in [0.29, 0.717) is 10.0 Å². The number of carbonyl (C=O) groups excluding carboxylic acids is 1. The minimum Gasteiger partial charge on any atom is -0.466 e. The lowest BCUT2D eigenvalue weighted by Crippen LogP contribution is -2.27. The Kier molecular flexibility index (Phi) is 4.32. The second-order valence-corrected chi connectivity index (χ2v) is 7.19. The fraction of sp³-hybridized carbons (Fsp3) is 0.312. The van der Waals surface area contributed by atoms with E-state index in [1.807, 2.05) is 6.92 Å². The number of rotatable bonds is 2. The lowest BCUT2D eigenvalue weighted by atomic mass is 9.86. The number of methoxy groups -OCH3 is 1. The zero-order valence-corrected chi connectivity index (χ0v) is 14.6. The summed E-state index contributed by atoms with van der Waals surface area (Å²) in [6, 6.07) is 4.90. The number of hydrogen-bond acceptors (Lipinski definition) is 4. The van der Waals surface area contributed by atoms with Crippen molar-refractivity contribution in [3.8, 4) is 0 Å². The number of carbonyl (C=O) groups is 1. The van der Waals surface area contributed by atoms with Crippen molar-refractivity contribution in [2.24, 2.45) is 0 Å². The van der Waals surface area contributed by atoms with Crippen LogP contribution in [0.5, 0.6) is 0 Å². The number of ether oxygens (including phenoxy) is 1. The van der Waals surface area contributed by atoms with Gasteiger partial charge >= 0.3 is 5.97 Å². The molecule has 2 aliphatic rings. The van der Waals surface area contributed by atoms with E-state index in [0.717, 1.165) is 34.0 Å². The maximum absolute atomic E-state index is 13.6. The van der Waals surface area contributed by atoms with Gasteiger partial charge < -0.3 is 10.1 Å². The maximum atomic E-state index is 13.6. The quantitative estimate of drug-likeness (QED) is 0.781. The lowest BCUT2D eigenvalue weighted by Gasteiger charge is -2.29. The van der Waals surface area contributed by atoms with Crippen LogP contribution in [0, 0.1) is 5.82 Å². The highest BCUT2D eigenvalue weighted by atomic mass is 79.9. The molecule has 1 unspecified atom stereocenters. The molecule has 0 aromatic heterocycles. The van der Waals surface area contributed by atoms with E-state index in [4.69, 9.17) is 4.74 Å². The average Bonchev–Trinajstić information content (AvgIpc) is 2.95. The van der Waals surface area contributed by atoms with Gasteiger partial charge in [-0.1, -0.05) is 6.07 Å². The van der Waals surface area contributed by atoms with Gasteiger partial charge in [-0.25, -0.2) is 9.18 Å². The summed E-state index contributed by atoms with van der Waals surface area (Å²) < 4.78 is 18.9. The van der Waals surface area contributed by atoms with Crippen molar-refractivity contribution in [3.63, 3.8) is 0 Å². The predicted molar refractivity (Wildman–Crippen MR) is 88.8 cm³/mol. The van der Waals surface area contributed by atoms with Gasteiger partial charge in [-0.3, -0.25) is 0 Å². The summed E-state index contributed by atoms with van der Waals surface area (Å²) in [4.78, 5) is 13.4. The van der Waals surface area contributed by atoms with Crippen LogP contribution in [-0.2, 0) is 9.53 Å². The van der Waals surface area contributed by atoms with Crippen molar-refractivity contribution < 1.29 is 13.9 Å². The highest BCUT2D eigenvalue weighted by Crippen LogP contribution is 2.48. The van der Waals surface area contributed by atoms with Crippen molar-refractivity contribution in [1.82, 2.24) is 5.32 Å². The molecule has 3 nitrogen and oxygen atoms in total. The van der Waals surface area contributed by atoms with Crippen LogP contribution in [0.1, 0.15) is 24.8 Å². The molecular formula is C16H15BrFNO2S. The summed E-state index contributed by atoms with van der Waals surface area (Å²) in [7, 11) is 1.38. The van der Waals surface area contributed by atoms with E-state index in [9.17, 15) is 9.18 Å². The van der Waals surface area contributed by atoms with E-state index >= 15 is 0 Å². The molecule has 6 heteroatoms. The molecule has 0 radical (unpaired) electrons. The van der Waals surface area contributed by atoms with E-state index in [2.05, 4.69) is 21.2 Å². The van der Waals surface area contributed by atoms with Gasteiger partial charge in [-0.2, -0.15) is 0 Å². The van der Waals surface area contributed by atoms with E-state index < -0.39 is 0 Å². The summed E-state index contributed by atoms with van der Waals surface area (Å²) in [5.41, 5.74) is 3.43. The monoisotopic (exact) mass is 383 g/mol. The first kappa shape index (κ1) is 15.6. The molecule has 1 atom stereocenters. The lowest BCUT2D eigenvalue weighted by molar-refractivity contribution is -0.136. The minimum atomic E-state index is -0.352. The number of allylic oxidation sites excluding steroid dienone is 3. The molecule has 1 N–H and O–H groups in total. The van der Waals surface area contributed by atoms with Crippen molar-refractivity contribution in [1.29, 1.82) is 0 Å². The summed E-state index contributed by atoms with van der Waals surface area (Å²) >= 11 is 4.97. The third-order valence-corrected chi connectivity index (χ3v) is 5.69. The van der Waals surface area contributed by atoms with E-state index in [-0.39, 0.29) is 17.7 Å². The number of benzene rings is 1. The van der Waals surface area contributed by atoms with Gasteiger partial charge in [0.2, 0.25) is 0 Å². The van der Waals surface area contributed by atoms with E-state index in [1.54, 1.807) is 23.9 Å². The summed E-state index contributed by atoms with van der Waals surface area (Å²) in [6.07, 6.45) is 0.949. The van der Waals surface area contributed by atoms with E-state index in [1.165, 1.54) is 13.2 Å². The molecule has 0 spiro atoms. The van der Waals surface area contributed by atoms with Crippen LogP contribution < -0.4 is 5.32 Å². The summed E-state index contributed by atoms with van der Waals surface area (Å²) in [6.45, 7) is 1.88. The molecule has 3 rings (SSSR count). The molecule has 22 heavy (non-hydrogen) atoms. The highest BCUT2D eigenvalue weighted by molar-refractivity contribution is 9.10. The zero-order valence-electron chi connectivity index (χ0n) is 12.2. The number of hydrogen-bond donors (Lipinski definition) is 1. The third-order valence-electron chi connectivity index (χ3n) is 3.88. The largest absolute Gasteiger partial charge is 0.466 e. The molecule has 116 valence electrons. The molecule has 0 bridgehead atoms. The Balaban J connectivity index is 2.14. The second kappa shape index (κ2) is 6.08. The molecule has 1 aromatic carbocycles. The fourth-order valence-corrected chi connectivity index (χ4v) is 4.56. The van der Waals surface area contributed by atoms with Crippen LogP contribution in [0.4, 0.5) is 4.39 Å². The van der Waals surface area contributed by atoms with Crippen molar-refractivity contribution in [3.05, 3.63) is 55.9 Å². The van der Waals surface area contributed by atoms with Gasteiger partial charge in [0.05, 0.1) is 23.1 Å².